The molecular formula is C20H30N2O4. The van der Waals surface area contributed by atoms with Crippen LogP contribution in [0.3, 0.4) is 0 Å². The van der Waals surface area contributed by atoms with Gasteiger partial charge in [-0.05, 0) is 39.2 Å². The van der Waals surface area contributed by atoms with Gasteiger partial charge in [-0.3, -0.25) is 9.59 Å². The molecule has 1 N–H and O–H groups in total. The van der Waals surface area contributed by atoms with Gasteiger partial charge in [0.25, 0.3) is 0 Å². The highest BCUT2D eigenvalue weighted by molar-refractivity contribution is 6.06. The van der Waals surface area contributed by atoms with E-state index < -0.39 is 12.0 Å². The Hall–Kier alpha value is -2.37. The average Bonchev–Trinajstić information content (AvgIpc) is 2.85. The van der Waals surface area contributed by atoms with Gasteiger partial charge in [-0.1, -0.05) is 19.9 Å². The lowest BCUT2D eigenvalue weighted by molar-refractivity contribution is -0.132. The third-order valence-electron chi connectivity index (χ3n) is 4.24. The molecule has 6 nitrogen and oxygen atoms in total. The van der Waals surface area contributed by atoms with Crippen LogP contribution < -0.4 is 0 Å². The van der Waals surface area contributed by atoms with Crippen molar-refractivity contribution < 1.29 is 19.1 Å². The first-order chi connectivity index (χ1) is 12.1. The number of aryl methyl sites for hydroxylation is 1. The molecule has 1 rings (SSSR count). The lowest BCUT2D eigenvalue weighted by Gasteiger charge is -2.28. The van der Waals surface area contributed by atoms with Crippen LogP contribution in [0, 0.1) is 19.8 Å². The topological polar surface area (TPSA) is 79.5 Å². The third-order valence-corrected chi connectivity index (χ3v) is 4.24. The van der Waals surface area contributed by atoms with Crippen LogP contribution >= 0.6 is 0 Å². The van der Waals surface area contributed by atoms with Crippen LogP contribution in [0.4, 0.5) is 0 Å². The van der Waals surface area contributed by atoms with E-state index in [4.69, 9.17) is 4.74 Å². The maximum absolute atomic E-state index is 13.1. The van der Waals surface area contributed by atoms with Gasteiger partial charge in [-0.25, -0.2) is 4.79 Å². The van der Waals surface area contributed by atoms with Crippen LogP contribution in [0.2, 0.25) is 0 Å². The number of rotatable bonds is 9. The fourth-order valence-electron chi connectivity index (χ4n) is 2.96. The monoisotopic (exact) mass is 362 g/mol. The van der Waals surface area contributed by atoms with E-state index in [-0.39, 0.29) is 29.9 Å². The summed E-state index contributed by atoms with van der Waals surface area (Å²) in [6.07, 6.45) is 1.98. The van der Waals surface area contributed by atoms with Gasteiger partial charge in [-0.15, -0.1) is 6.58 Å². The molecule has 0 saturated heterocycles. The molecule has 0 fully saturated rings. The second kappa shape index (κ2) is 9.36. The second-order valence-corrected chi connectivity index (χ2v) is 6.82. The molecule has 0 aliphatic rings. The SMILES string of the molecule is C=CCN(C(=O)CC(C)C)[C@H](C)C(=O)c1c(C)[nH]c(C(=O)OCC)c1C. The highest BCUT2D eigenvalue weighted by atomic mass is 16.5. The van der Waals surface area contributed by atoms with Gasteiger partial charge in [-0.2, -0.15) is 0 Å². The molecular weight excluding hydrogens is 332 g/mol. The average molecular weight is 362 g/mol. The zero-order chi connectivity index (χ0) is 20.0. The fourth-order valence-corrected chi connectivity index (χ4v) is 2.96. The number of hydrogen-bond acceptors (Lipinski definition) is 4. The summed E-state index contributed by atoms with van der Waals surface area (Å²) in [7, 11) is 0. The van der Waals surface area contributed by atoms with Crippen molar-refractivity contribution in [1.29, 1.82) is 0 Å². The number of H-pyrrole nitrogens is 1. The summed E-state index contributed by atoms with van der Waals surface area (Å²) in [6.45, 7) is 15.0. The Labute approximate surface area is 155 Å². The Morgan fingerprint density at radius 2 is 1.85 bits per heavy atom. The summed E-state index contributed by atoms with van der Waals surface area (Å²) in [5, 5.41) is 0. The van der Waals surface area contributed by atoms with Crippen molar-refractivity contribution in [1.82, 2.24) is 9.88 Å². The minimum Gasteiger partial charge on any atom is -0.461 e. The smallest absolute Gasteiger partial charge is 0.355 e. The van der Waals surface area contributed by atoms with E-state index in [0.717, 1.165) is 0 Å². The van der Waals surface area contributed by atoms with Crippen molar-refractivity contribution in [3.8, 4) is 0 Å². The van der Waals surface area contributed by atoms with Gasteiger partial charge in [0.05, 0.1) is 12.6 Å². The summed E-state index contributed by atoms with van der Waals surface area (Å²) in [5.41, 5.74) is 1.86. The van der Waals surface area contributed by atoms with Gasteiger partial charge in [0.1, 0.15) is 5.69 Å². The summed E-state index contributed by atoms with van der Waals surface area (Å²) in [5.74, 6) is -0.579. The first kappa shape index (κ1) is 21.7. The summed E-state index contributed by atoms with van der Waals surface area (Å²) in [4.78, 5) is 42.1. The summed E-state index contributed by atoms with van der Waals surface area (Å²) in [6, 6.07) is -0.650. The van der Waals surface area contributed by atoms with Gasteiger partial charge in [0.2, 0.25) is 5.91 Å². The van der Waals surface area contributed by atoms with Crippen molar-refractivity contribution >= 4 is 17.7 Å². The fraction of sp³-hybridized carbons (Fsp3) is 0.550. The first-order valence-electron chi connectivity index (χ1n) is 8.96. The number of Topliss-reactive ketones (excluding diaryl/α,β-unsaturated/α-hetero) is 1. The number of aromatic amines is 1. The molecule has 1 atom stereocenters. The molecule has 0 saturated carbocycles. The molecule has 0 radical (unpaired) electrons. The molecule has 0 aliphatic carbocycles. The zero-order valence-electron chi connectivity index (χ0n) is 16.6. The largest absolute Gasteiger partial charge is 0.461 e. The molecule has 26 heavy (non-hydrogen) atoms. The Bertz CT molecular complexity index is 688. The molecule has 144 valence electrons. The number of carbonyl (C=O) groups is 3. The van der Waals surface area contributed by atoms with E-state index in [1.807, 2.05) is 13.8 Å². The summed E-state index contributed by atoms with van der Waals surface area (Å²) >= 11 is 0. The number of nitrogens with zero attached hydrogens (tertiary/aromatic N) is 1. The summed E-state index contributed by atoms with van der Waals surface area (Å²) < 4.78 is 5.03. The molecule has 1 aromatic heterocycles. The quantitative estimate of drug-likeness (QED) is 0.415. The van der Waals surface area contributed by atoms with Crippen molar-refractivity contribution in [3.63, 3.8) is 0 Å². The minimum atomic E-state index is -0.650. The number of amides is 1. The van der Waals surface area contributed by atoms with E-state index in [0.29, 0.717) is 29.8 Å². The predicted molar refractivity (Wildman–Crippen MR) is 101 cm³/mol. The van der Waals surface area contributed by atoms with E-state index in [1.165, 1.54) is 4.90 Å². The van der Waals surface area contributed by atoms with E-state index in [2.05, 4.69) is 11.6 Å². The van der Waals surface area contributed by atoms with Gasteiger partial charge in [0.15, 0.2) is 5.78 Å². The van der Waals surface area contributed by atoms with E-state index in [9.17, 15) is 14.4 Å². The van der Waals surface area contributed by atoms with E-state index >= 15 is 0 Å². The minimum absolute atomic E-state index is 0.0859. The van der Waals surface area contributed by atoms with Crippen molar-refractivity contribution in [2.45, 2.75) is 54.0 Å². The Morgan fingerprint density at radius 1 is 1.23 bits per heavy atom. The Balaban J connectivity index is 3.18. The van der Waals surface area contributed by atoms with Crippen molar-refractivity contribution in [3.05, 3.63) is 35.2 Å². The highest BCUT2D eigenvalue weighted by Gasteiger charge is 2.30. The van der Waals surface area contributed by atoms with Gasteiger partial charge < -0.3 is 14.6 Å². The molecule has 6 heteroatoms. The van der Waals surface area contributed by atoms with Crippen LogP contribution in [-0.4, -0.2) is 46.7 Å². The Morgan fingerprint density at radius 3 is 2.35 bits per heavy atom. The predicted octanol–water partition coefficient (Wildman–Crippen LogP) is 3.44. The van der Waals surface area contributed by atoms with Crippen LogP contribution in [-0.2, 0) is 9.53 Å². The maximum Gasteiger partial charge on any atom is 0.355 e. The molecule has 0 bridgehead atoms. The number of nitrogens with one attached hydrogen (secondary N) is 1. The lowest BCUT2D eigenvalue weighted by atomic mass is 9.99. The standard InChI is InChI=1S/C20H30N2O4/c1-8-10-22(16(23)11-12(3)4)15(7)19(24)17-13(5)18(21-14(17)6)20(25)26-9-2/h8,12,15,21H,1,9-11H2,2-7H3/t15-/m1/s1. The molecule has 0 unspecified atom stereocenters. The molecule has 1 aromatic rings. The number of ketones is 1. The van der Waals surface area contributed by atoms with E-state index in [1.54, 1.807) is 33.8 Å². The molecule has 0 spiro atoms. The van der Waals surface area contributed by atoms with Crippen LogP contribution in [0.25, 0.3) is 0 Å². The van der Waals surface area contributed by atoms with Crippen LogP contribution in [0.5, 0.6) is 0 Å². The van der Waals surface area contributed by atoms with Crippen LogP contribution in [0.15, 0.2) is 12.7 Å². The van der Waals surface area contributed by atoms with Crippen molar-refractivity contribution in [2.75, 3.05) is 13.2 Å². The van der Waals surface area contributed by atoms with Crippen molar-refractivity contribution in [2.24, 2.45) is 5.92 Å². The lowest BCUT2D eigenvalue weighted by Crippen LogP contribution is -2.44. The van der Waals surface area contributed by atoms with Gasteiger partial charge in [0, 0.05) is 24.2 Å². The molecule has 0 aliphatic heterocycles. The van der Waals surface area contributed by atoms with Crippen LogP contribution in [0.1, 0.15) is 66.2 Å². The maximum atomic E-state index is 13.1. The first-order valence-corrected chi connectivity index (χ1v) is 8.96. The number of aromatic nitrogens is 1. The Kier molecular flexibility index (Phi) is 7.80. The number of carbonyl (C=O) groups excluding carboxylic acids is 3. The molecule has 0 aromatic carbocycles. The second-order valence-electron chi connectivity index (χ2n) is 6.82. The van der Waals surface area contributed by atoms with Gasteiger partial charge >= 0.3 is 5.97 Å². The highest BCUT2D eigenvalue weighted by Crippen LogP contribution is 2.22. The number of hydrogen-bond donors (Lipinski definition) is 1. The third kappa shape index (κ3) is 4.84. The zero-order valence-corrected chi connectivity index (χ0v) is 16.6. The molecule has 1 heterocycles. The number of ether oxygens (including phenoxy) is 1. The molecule has 1 amide bonds. The normalized spacial score (nSPS) is 12.0. The number of esters is 1.